The molecule has 0 bridgehead atoms. The third kappa shape index (κ3) is 12.7. The molecule has 33 heteroatoms. The molecular weight excluding hydrogens is 951 g/mol. The van der Waals surface area contributed by atoms with Gasteiger partial charge in [-0.15, -0.1) is 29.1 Å². The Morgan fingerprint density at radius 1 is 0.770 bits per heavy atom. The molecule has 0 aliphatic heterocycles. The van der Waals surface area contributed by atoms with E-state index in [9.17, 15) is 53.2 Å². The number of nitrogens with two attached hydrogens (primary N) is 1. The fraction of sp³-hybridized carbons (Fsp3) is 0.179. The molecule has 61 heavy (non-hydrogen) atoms. The molecule has 8 N–H and O–H groups in total. The van der Waals surface area contributed by atoms with Gasteiger partial charge in [0.1, 0.15) is 33.4 Å². The molecule has 0 saturated carbocycles. The monoisotopic (exact) mass is 977 g/mol. The highest BCUT2D eigenvalue weighted by atomic mass is 32.3. The van der Waals surface area contributed by atoms with Crippen molar-refractivity contribution in [3.63, 3.8) is 0 Å². The van der Waals surface area contributed by atoms with Gasteiger partial charge in [0.25, 0.3) is 10.1 Å². The third-order valence-corrected chi connectivity index (χ3v) is 13.1. The summed E-state index contributed by atoms with van der Waals surface area (Å²) < 4.78 is 139. The molecule has 27 nitrogen and oxygen atoms in total. The predicted octanol–water partition coefficient (Wildman–Crippen LogP) is 4.71. The molecule has 4 rings (SSSR count). The van der Waals surface area contributed by atoms with E-state index in [1.807, 2.05) is 0 Å². The van der Waals surface area contributed by atoms with Crippen LogP contribution in [0.4, 0.5) is 28.4 Å². The van der Waals surface area contributed by atoms with Gasteiger partial charge in [-0.2, -0.15) is 16.8 Å². The Balaban J connectivity index is 1.86. The standard InChI is InChI=1S/C28H27N5O22S6/c1-49-20-5-3-16(58(39,40)8-6-50-57-55-53-38)13-19(20)31-32-25-21(56-54-52-37)10-14-11-22(60(43,44)45)26(24(29)23(14)27(25)34)33-30-18-4-2-15(12-17(18)28(35)36)59(41,42)9-7-51-61(46,47)48/h2-5,10-13,34,37-38H,6-9,29H2,1H3,(H,35,36)(H,43,44,45)(H,46,47,48). The number of sulfone groups is 2. The maximum Gasteiger partial charge on any atom is 0.397 e. The molecule has 0 aliphatic carbocycles. The van der Waals surface area contributed by atoms with Crippen LogP contribution >= 0.6 is 24.4 Å². The van der Waals surface area contributed by atoms with E-state index in [0.29, 0.717) is 6.07 Å². The molecule has 0 aliphatic rings. The quantitative estimate of drug-likeness (QED) is 0.0107. The second-order valence-electron chi connectivity index (χ2n) is 11.1. The number of azo groups is 2. The van der Waals surface area contributed by atoms with E-state index in [1.165, 1.54) is 19.2 Å². The van der Waals surface area contributed by atoms with Crippen LogP contribution in [0.2, 0.25) is 0 Å². The second-order valence-corrected chi connectivity index (χ2v) is 19.1. The number of fused-ring (bicyclic) bond motifs is 1. The fourth-order valence-electron chi connectivity index (χ4n) is 4.83. The largest absolute Gasteiger partial charge is 0.505 e. The summed E-state index contributed by atoms with van der Waals surface area (Å²) in [5, 5.41) is 59.9. The molecule has 0 heterocycles. The van der Waals surface area contributed by atoms with Crippen LogP contribution in [0.25, 0.3) is 10.8 Å². The minimum absolute atomic E-state index is 0.0371. The van der Waals surface area contributed by atoms with E-state index in [2.05, 4.69) is 43.4 Å². The number of hydrogen-bond acceptors (Lipinski definition) is 26. The van der Waals surface area contributed by atoms with Crippen LogP contribution < -0.4 is 10.5 Å². The van der Waals surface area contributed by atoms with Gasteiger partial charge in [0.2, 0.25) is 0 Å². The Hall–Kier alpha value is -4.69. The summed E-state index contributed by atoms with van der Waals surface area (Å²) in [7, 11) is -17.6. The van der Waals surface area contributed by atoms with Gasteiger partial charge in [0.05, 0.1) is 75.2 Å². The zero-order chi connectivity index (χ0) is 45.3. The molecule has 332 valence electrons. The number of hydrogen-bond donors (Lipinski definition) is 7. The van der Waals surface area contributed by atoms with Crippen molar-refractivity contribution in [3.8, 4) is 11.5 Å². The SMILES string of the molecule is COc1ccc(S(=O)(=O)CCOSOOO)cc1N=Nc1c(SOOO)cc2cc(S(=O)(=O)O)c(N=Nc3ccc(S(=O)(=O)CCOS(=O)(=O)O)cc3C(=O)O)c(N)c2c1O. The lowest BCUT2D eigenvalue weighted by atomic mass is 10.1. The van der Waals surface area contributed by atoms with Crippen LogP contribution in [-0.4, -0.2) is 101 Å². The van der Waals surface area contributed by atoms with Crippen LogP contribution in [0.5, 0.6) is 11.5 Å². The molecular formula is C28H27N5O22S6. The number of aromatic hydroxyl groups is 1. The summed E-state index contributed by atoms with van der Waals surface area (Å²) in [5.74, 6) is -4.35. The first-order valence-corrected chi connectivity index (χ1v) is 23.0. The number of phenols is 1. The van der Waals surface area contributed by atoms with Gasteiger partial charge in [-0.05, 0) is 53.9 Å². The Labute approximate surface area is 351 Å². The number of nitrogen functional groups attached to an aromatic ring is 1. The Bertz CT molecular complexity index is 2820. The van der Waals surface area contributed by atoms with Gasteiger partial charge in [-0.25, -0.2) is 36.3 Å². The molecule has 0 fully saturated rings. The van der Waals surface area contributed by atoms with Gasteiger partial charge in [-0.1, -0.05) is 10.1 Å². The first-order valence-electron chi connectivity index (χ1n) is 15.5. The topological polar surface area (TPSA) is 415 Å². The van der Waals surface area contributed by atoms with Crippen LogP contribution in [0.3, 0.4) is 0 Å². The molecule has 4 aromatic rings. The summed E-state index contributed by atoms with van der Waals surface area (Å²) in [4.78, 5) is 9.80. The maximum atomic E-state index is 13.0. The average molecular weight is 978 g/mol. The highest BCUT2D eigenvalue weighted by Gasteiger charge is 2.27. The number of rotatable bonds is 22. The Morgan fingerprint density at radius 3 is 1.98 bits per heavy atom. The number of carboxylic acids is 1. The number of benzene rings is 4. The van der Waals surface area contributed by atoms with Crippen molar-refractivity contribution < 1.29 is 100 Å². The number of nitrogens with zero attached hydrogens (tertiary/aromatic N) is 4. The number of ether oxygens (including phenoxy) is 1. The van der Waals surface area contributed by atoms with E-state index < -0.39 is 120 Å². The van der Waals surface area contributed by atoms with Crippen molar-refractivity contribution in [2.45, 2.75) is 19.6 Å². The Morgan fingerprint density at radius 2 is 1.38 bits per heavy atom. The molecule has 0 radical (unpaired) electrons. The molecule has 0 atom stereocenters. The molecule has 0 spiro atoms. The molecule has 4 aromatic carbocycles. The van der Waals surface area contributed by atoms with E-state index in [4.69, 9.17) is 29.7 Å². The molecule has 0 saturated heterocycles. The lowest BCUT2D eigenvalue weighted by molar-refractivity contribution is -0.434. The van der Waals surface area contributed by atoms with Crippen LogP contribution in [0.1, 0.15) is 10.4 Å². The average Bonchev–Trinajstić information content (AvgIpc) is 3.17. The lowest BCUT2D eigenvalue weighted by Crippen LogP contribution is -2.16. The first kappa shape index (κ1) is 49.0. The Kier molecular flexibility index (Phi) is 16.4. The number of carbonyl (C=O) groups is 1. The summed E-state index contributed by atoms with van der Waals surface area (Å²) in [6.45, 7) is -1.47. The van der Waals surface area contributed by atoms with Crippen molar-refractivity contribution in [2.75, 3.05) is 37.6 Å². The zero-order valence-electron chi connectivity index (χ0n) is 30.0. The van der Waals surface area contributed by atoms with Crippen molar-refractivity contribution in [1.29, 1.82) is 0 Å². The van der Waals surface area contributed by atoms with Crippen molar-refractivity contribution in [3.05, 3.63) is 54.1 Å². The zero-order valence-corrected chi connectivity index (χ0v) is 34.9. The lowest BCUT2D eigenvalue weighted by Gasteiger charge is -2.14. The van der Waals surface area contributed by atoms with E-state index in [-0.39, 0.29) is 51.0 Å². The molecule has 0 aromatic heterocycles. The number of carboxylic acid groups (broad SMARTS) is 1. The van der Waals surface area contributed by atoms with E-state index >= 15 is 0 Å². The second kappa shape index (κ2) is 20.5. The fourth-order valence-corrected chi connectivity index (χ4v) is 8.94. The number of aromatic carboxylic acids is 1. The van der Waals surface area contributed by atoms with Gasteiger partial charge < -0.3 is 20.7 Å². The minimum Gasteiger partial charge on any atom is -0.505 e. The molecule has 0 unspecified atom stereocenters. The number of phenolic OH excluding ortho intramolecular Hbond substituents is 1. The first-order chi connectivity index (χ1) is 28.5. The number of anilines is 1. The third-order valence-electron chi connectivity index (χ3n) is 7.45. The van der Waals surface area contributed by atoms with E-state index in [0.717, 1.165) is 30.3 Å². The van der Waals surface area contributed by atoms with Crippen molar-refractivity contribution in [2.24, 2.45) is 20.5 Å². The van der Waals surface area contributed by atoms with Crippen LogP contribution in [0.15, 0.2) is 88.6 Å². The predicted molar refractivity (Wildman–Crippen MR) is 205 cm³/mol. The van der Waals surface area contributed by atoms with Crippen molar-refractivity contribution >= 4 is 110 Å². The van der Waals surface area contributed by atoms with Gasteiger partial charge in [0, 0.05) is 0 Å². The highest BCUT2D eigenvalue weighted by Crippen LogP contribution is 2.50. The molecule has 0 amide bonds. The number of methoxy groups -OCH3 is 1. The smallest absolute Gasteiger partial charge is 0.397 e. The maximum absolute atomic E-state index is 13.0. The van der Waals surface area contributed by atoms with Gasteiger partial charge in [-0.3, -0.25) is 13.3 Å². The minimum atomic E-state index is -5.28. The van der Waals surface area contributed by atoms with Crippen LogP contribution in [-0.2, 0) is 67.3 Å². The van der Waals surface area contributed by atoms with Gasteiger partial charge >= 0.3 is 16.4 Å². The summed E-state index contributed by atoms with van der Waals surface area (Å²) in [6.07, 6.45) is 0. The summed E-state index contributed by atoms with van der Waals surface area (Å²) >= 11 is 0.333. The highest BCUT2D eigenvalue weighted by molar-refractivity contribution is 7.94. The van der Waals surface area contributed by atoms with E-state index in [1.54, 1.807) is 0 Å². The normalized spacial score (nSPS) is 12.8. The van der Waals surface area contributed by atoms with Crippen LogP contribution in [0, 0.1) is 0 Å². The summed E-state index contributed by atoms with van der Waals surface area (Å²) in [5.41, 5.74) is 2.41. The summed E-state index contributed by atoms with van der Waals surface area (Å²) in [6, 6.07) is 7.48. The van der Waals surface area contributed by atoms with Crippen molar-refractivity contribution in [1.82, 2.24) is 0 Å². The van der Waals surface area contributed by atoms with Gasteiger partial charge in [0.15, 0.2) is 37.7 Å².